The van der Waals surface area contributed by atoms with Crippen LogP contribution in [0.4, 0.5) is 0 Å². The summed E-state index contributed by atoms with van der Waals surface area (Å²) in [6.07, 6.45) is 1.98. The molecule has 4 rings (SSSR count). The Morgan fingerprint density at radius 1 is 1.12 bits per heavy atom. The predicted octanol–water partition coefficient (Wildman–Crippen LogP) is 5.56. The lowest BCUT2D eigenvalue weighted by Crippen LogP contribution is -2.30. The van der Waals surface area contributed by atoms with Gasteiger partial charge in [-0.15, -0.1) is 0 Å². The molecule has 0 spiro atoms. The monoisotopic (exact) mass is 448 g/mol. The molecule has 0 aliphatic rings. The molecule has 0 N–H and O–H groups in total. The minimum Gasteiger partial charge on any atom is -0.361 e. The van der Waals surface area contributed by atoms with Gasteiger partial charge in [-0.3, -0.25) is 4.79 Å². The molecule has 0 radical (unpaired) electrons. The molecule has 164 valence electrons. The number of aryl methyl sites for hydroxylation is 2. The van der Waals surface area contributed by atoms with Crippen molar-refractivity contribution in [2.45, 2.75) is 33.2 Å². The molecular formula is C25H25ClN4O2. The number of nitrogens with zero attached hydrogens (tertiary/aromatic N) is 4. The Morgan fingerprint density at radius 2 is 1.81 bits per heavy atom. The number of hydrogen-bond acceptors (Lipinski definition) is 4. The van der Waals surface area contributed by atoms with Crippen molar-refractivity contribution in [2.75, 3.05) is 7.05 Å². The van der Waals surface area contributed by atoms with Gasteiger partial charge < -0.3 is 9.42 Å². The van der Waals surface area contributed by atoms with Crippen LogP contribution in [0.5, 0.6) is 0 Å². The van der Waals surface area contributed by atoms with Crippen LogP contribution in [0.25, 0.3) is 16.9 Å². The van der Waals surface area contributed by atoms with E-state index in [4.69, 9.17) is 21.2 Å². The lowest BCUT2D eigenvalue weighted by Gasteiger charge is -2.21. The molecule has 0 aliphatic carbocycles. The van der Waals surface area contributed by atoms with Crippen LogP contribution in [0.2, 0.25) is 5.02 Å². The number of aromatic nitrogens is 3. The van der Waals surface area contributed by atoms with E-state index in [0.29, 0.717) is 17.3 Å². The van der Waals surface area contributed by atoms with E-state index in [1.54, 1.807) is 4.90 Å². The minimum absolute atomic E-state index is 0.00563. The van der Waals surface area contributed by atoms with E-state index in [2.05, 4.69) is 5.16 Å². The summed E-state index contributed by atoms with van der Waals surface area (Å²) in [4.78, 5) is 15.0. The average Bonchev–Trinajstić information content (AvgIpc) is 3.36. The molecule has 1 amide bonds. The molecule has 2 heterocycles. The summed E-state index contributed by atoms with van der Waals surface area (Å²) in [5.74, 6) is 0.318. The van der Waals surface area contributed by atoms with Crippen LogP contribution in [0.3, 0.4) is 0 Å². The maximum atomic E-state index is 13.2. The Bertz CT molecular complexity index is 1210. The highest BCUT2D eigenvalue weighted by molar-refractivity contribution is 6.30. The van der Waals surface area contributed by atoms with Crippen molar-refractivity contribution in [3.05, 3.63) is 88.4 Å². The predicted molar refractivity (Wildman–Crippen MR) is 125 cm³/mol. The van der Waals surface area contributed by atoms with Crippen molar-refractivity contribution in [3.63, 3.8) is 0 Å². The summed E-state index contributed by atoms with van der Waals surface area (Å²) in [6.45, 7) is 6.00. The molecule has 6 nitrogen and oxygen atoms in total. The highest BCUT2D eigenvalue weighted by atomic mass is 35.5. The third-order valence-electron chi connectivity index (χ3n) is 5.60. The smallest absolute Gasteiger partial charge is 0.230 e. The van der Waals surface area contributed by atoms with Gasteiger partial charge in [0.25, 0.3) is 0 Å². The van der Waals surface area contributed by atoms with Crippen LogP contribution >= 0.6 is 11.6 Å². The largest absolute Gasteiger partial charge is 0.361 e. The van der Waals surface area contributed by atoms with E-state index in [9.17, 15) is 4.79 Å². The number of likely N-dealkylation sites (N-methyl/N-ethyl adjacent to an activating group) is 1. The van der Waals surface area contributed by atoms with Gasteiger partial charge >= 0.3 is 0 Å². The van der Waals surface area contributed by atoms with Gasteiger partial charge in [0.05, 0.1) is 23.0 Å². The summed E-state index contributed by atoms with van der Waals surface area (Å²) in [6, 6.07) is 17.5. The normalized spacial score (nSPS) is 12.0. The van der Waals surface area contributed by atoms with Gasteiger partial charge in [0, 0.05) is 41.5 Å². The summed E-state index contributed by atoms with van der Waals surface area (Å²) >= 11 is 6.08. The first-order valence-corrected chi connectivity index (χ1v) is 10.8. The maximum absolute atomic E-state index is 13.2. The van der Waals surface area contributed by atoms with Crippen LogP contribution < -0.4 is 0 Å². The van der Waals surface area contributed by atoms with E-state index in [-0.39, 0.29) is 11.8 Å². The maximum Gasteiger partial charge on any atom is 0.230 e. The standard InChI is InChI=1S/C25H25ClN4O2/c1-16(23-17(2)28-32-18(23)3)25(31)29(4)14-20-15-30(22-8-6-5-7-9-22)27-24(20)19-10-12-21(26)13-11-19/h5-13,15-16H,14H2,1-4H3. The molecule has 0 bridgehead atoms. The van der Waals surface area contributed by atoms with Crippen LogP contribution in [-0.4, -0.2) is 32.8 Å². The van der Waals surface area contributed by atoms with Crippen molar-refractivity contribution in [1.82, 2.24) is 19.8 Å². The molecule has 1 unspecified atom stereocenters. The number of rotatable bonds is 6. The van der Waals surface area contributed by atoms with E-state index < -0.39 is 0 Å². The van der Waals surface area contributed by atoms with Crippen molar-refractivity contribution in [2.24, 2.45) is 0 Å². The number of carbonyl (C=O) groups is 1. The quantitative estimate of drug-likeness (QED) is 0.387. The highest BCUT2D eigenvalue weighted by Crippen LogP contribution is 2.28. The SMILES string of the molecule is Cc1noc(C)c1C(C)C(=O)N(C)Cc1cn(-c2ccccc2)nc1-c1ccc(Cl)cc1. The van der Waals surface area contributed by atoms with Gasteiger partial charge in [-0.2, -0.15) is 5.10 Å². The lowest BCUT2D eigenvalue weighted by atomic mass is 9.98. The van der Waals surface area contributed by atoms with Gasteiger partial charge in [-0.05, 0) is 45.0 Å². The number of hydrogen-bond donors (Lipinski definition) is 0. The van der Waals surface area contributed by atoms with E-state index in [0.717, 1.165) is 33.8 Å². The molecule has 2 aromatic carbocycles. The molecule has 0 aliphatic heterocycles. The molecule has 7 heteroatoms. The van der Waals surface area contributed by atoms with Crippen LogP contribution in [-0.2, 0) is 11.3 Å². The first-order valence-electron chi connectivity index (χ1n) is 10.4. The fourth-order valence-electron chi connectivity index (χ4n) is 3.98. The molecule has 0 saturated heterocycles. The number of halogens is 1. The zero-order chi connectivity index (χ0) is 22.8. The summed E-state index contributed by atoms with van der Waals surface area (Å²) in [5.41, 5.74) is 5.24. The van der Waals surface area contributed by atoms with Gasteiger partial charge in [0.1, 0.15) is 5.76 Å². The summed E-state index contributed by atoms with van der Waals surface area (Å²) < 4.78 is 7.10. The van der Waals surface area contributed by atoms with Gasteiger partial charge in [-0.1, -0.05) is 47.1 Å². The van der Waals surface area contributed by atoms with Crippen LogP contribution in [0.1, 0.15) is 35.4 Å². The van der Waals surface area contributed by atoms with Gasteiger partial charge in [0.15, 0.2) is 0 Å². The Hall–Kier alpha value is -3.38. The van der Waals surface area contributed by atoms with Crippen molar-refractivity contribution in [1.29, 1.82) is 0 Å². The van der Waals surface area contributed by atoms with Gasteiger partial charge in [0.2, 0.25) is 5.91 Å². The summed E-state index contributed by atoms with van der Waals surface area (Å²) in [5, 5.41) is 9.48. The Balaban J connectivity index is 1.66. The van der Waals surface area contributed by atoms with Crippen molar-refractivity contribution in [3.8, 4) is 16.9 Å². The Morgan fingerprint density at radius 3 is 2.44 bits per heavy atom. The first kappa shape index (κ1) is 21.8. The molecule has 1 atom stereocenters. The fourth-order valence-corrected chi connectivity index (χ4v) is 4.11. The topological polar surface area (TPSA) is 64.2 Å². The number of benzene rings is 2. The average molecular weight is 449 g/mol. The third-order valence-corrected chi connectivity index (χ3v) is 5.86. The highest BCUT2D eigenvalue weighted by Gasteiger charge is 2.26. The Kier molecular flexibility index (Phi) is 6.15. The summed E-state index contributed by atoms with van der Waals surface area (Å²) in [7, 11) is 1.81. The second-order valence-corrected chi connectivity index (χ2v) is 8.38. The Labute approximate surface area is 192 Å². The number of carbonyl (C=O) groups excluding carboxylic acids is 1. The fraction of sp³-hybridized carbons (Fsp3) is 0.240. The zero-order valence-corrected chi connectivity index (χ0v) is 19.3. The van der Waals surface area contributed by atoms with Crippen molar-refractivity contribution < 1.29 is 9.32 Å². The van der Waals surface area contributed by atoms with E-state index >= 15 is 0 Å². The van der Waals surface area contributed by atoms with E-state index in [1.165, 1.54) is 0 Å². The number of amides is 1. The molecule has 2 aromatic heterocycles. The first-order chi connectivity index (χ1) is 15.3. The van der Waals surface area contributed by atoms with E-state index in [1.807, 2.05) is 93.3 Å². The van der Waals surface area contributed by atoms with Gasteiger partial charge in [-0.25, -0.2) is 4.68 Å². The van der Waals surface area contributed by atoms with Crippen molar-refractivity contribution >= 4 is 17.5 Å². The lowest BCUT2D eigenvalue weighted by molar-refractivity contribution is -0.131. The van der Waals surface area contributed by atoms with Crippen LogP contribution in [0.15, 0.2) is 65.3 Å². The second kappa shape index (κ2) is 9.01. The molecule has 32 heavy (non-hydrogen) atoms. The molecular weight excluding hydrogens is 424 g/mol. The zero-order valence-electron chi connectivity index (χ0n) is 18.5. The second-order valence-electron chi connectivity index (χ2n) is 7.94. The number of para-hydroxylation sites is 1. The molecule has 4 aromatic rings. The minimum atomic E-state index is -0.352. The third kappa shape index (κ3) is 4.32. The molecule has 0 saturated carbocycles. The van der Waals surface area contributed by atoms with Crippen LogP contribution in [0, 0.1) is 13.8 Å². The molecule has 0 fully saturated rings.